The van der Waals surface area contributed by atoms with Gasteiger partial charge >= 0.3 is 0 Å². The summed E-state index contributed by atoms with van der Waals surface area (Å²) in [5.74, 6) is 1.01. The largest absolute Gasteiger partial charge is 0.494 e. The average molecular weight is 619 g/mol. The van der Waals surface area contributed by atoms with Gasteiger partial charge in [0, 0.05) is 17.3 Å². The number of nitrogens with zero attached hydrogens (tertiary/aromatic N) is 3. The van der Waals surface area contributed by atoms with Crippen LogP contribution in [0, 0.1) is 5.92 Å². The zero-order valence-corrected chi connectivity index (χ0v) is 26.2. The van der Waals surface area contributed by atoms with Crippen molar-refractivity contribution in [2.24, 2.45) is 5.92 Å². The highest BCUT2D eigenvalue weighted by atomic mass is 35.5. The van der Waals surface area contributed by atoms with E-state index >= 15 is 0 Å². The Bertz CT molecular complexity index is 1380. The third-order valence-electron chi connectivity index (χ3n) is 8.18. The molecule has 0 aromatic heterocycles. The second-order valence-electron chi connectivity index (χ2n) is 11.2. The molecule has 2 aliphatic rings. The van der Waals surface area contributed by atoms with Crippen LogP contribution in [0.15, 0.2) is 78.9 Å². The van der Waals surface area contributed by atoms with Crippen LogP contribution in [0.2, 0.25) is 5.02 Å². The van der Waals surface area contributed by atoms with E-state index in [1.165, 1.54) is 23.3 Å². The number of piperidine rings is 1. The first-order valence-electron chi connectivity index (χ1n) is 15.1. The number of nitrogens with one attached hydrogen (secondary N) is 1. The number of ether oxygens (including phenoxy) is 1. The van der Waals surface area contributed by atoms with Crippen molar-refractivity contribution < 1.29 is 14.3 Å². The SMILES string of the molecule is CCOc1ccc(NC(=O)C[C@H]2C(=O)N(c3ccc(Cl)cc3)C(=S)N2CCCN2CCC(Cc3ccccc3)CC2)cc1. The number of carbonyl (C=O) groups excluding carboxylic acids is 2. The van der Waals surface area contributed by atoms with Crippen molar-refractivity contribution in [1.82, 2.24) is 9.80 Å². The number of amides is 2. The Kier molecular flexibility index (Phi) is 10.7. The maximum absolute atomic E-state index is 13.7. The Morgan fingerprint density at radius 3 is 2.35 bits per heavy atom. The number of rotatable bonds is 12. The van der Waals surface area contributed by atoms with Gasteiger partial charge < -0.3 is 19.9 Å². The molecule has 9 heteroatoms. The summed E-state index contributed by atoms with van der Waals surface area (Å²) in [6.45, 7) is 6.17. The van der Waals surface area contributed by atoms with Crippen LogP contribution in [-0.2, 0) is 16.0 Å². The number of benzene rings is 3. The summed E-state index contributed by atoms with van der Waals surface area (Å²) in [4.78, 5) is 32.8. The molecular weight excluding hydrogens is 580 g/mol. The van der Waals surface area contributed by atoms with Crippen LogP contribution < -0.4 is 15.0 Å². The van der Waals surface area contributed by atoms with Gasteiger partial charge in [-0.15, -0.1) is 0 Å². The molecule has 7 nitrogen and oxygen atoms in total. The molecule has 0 saturated carbocycles. The molecule has 2 amide bonds. The van der Waals surface area contributed by atoms with E-state index in [1.807, 2.05) is 24.0 Å². The molecule has 2 saturated heterocycles. The molecule has 226 valence electrons. The van der Waals surface area contributed by atoms with Crippen molar-refractivity contribution in [1.29, 1.82) is 0 Å². The van der Waals surface area contributed by atoms with E-state index in [2.05, 4.69) is 40.5 Å². The minimum Gasteiger partial charge on any atom is -0.494 e. The van der Waals surface area contributed by atoms with Crippen LogP contribution in [0.1, 0.15) is 38.2 Å². The van der Waals surface area contributed by atoms with Crippen LogP contribution >= 0.6 is 23.8 Å². The van der Waals surface area contributed by atoms with E-state index in [-0.39, 0.29) is 18.2 Å². The highest BCUT2D eigenvalue weighted by Gasteiger charge is 2.44. The van der Waals surface area contributed by atoms with Crippen LogP contribution in [0.25, 0.3) is 0 Å². The van der Waals surface area contributed by atoms with Gasteiger partial charge in [-0.1, -0.05) is 41.9 Å². The lowest BCUT2D eigenvalue weighted by Gasteiger charge is -2.33. The van der Waals surface area contributed by atoms with E-state index in [4.69, 9.17) is 28.6 Å². The third kappa shape index (κ3) is 8.13. The fraction of sp³-hybridized carbons (Fsp3) is 0.382. The summed E-state index contributed by atoms with van der Waals surface area (Å²) < 4.78 is 5.49. The van der Waals surface area contributed by atoms with Gasteiger partial charge in [0.25, 0.3) is 5.91 Å². The number of anilines is 2. The van der Waals surface area contributed by atoms with Gasteiger partial charge in [-0.3, -0.25) is 14.5 Å². The molecule has 0 unspecified atom stereocenters. The topological polar surface area (TPSA) is 65.1 Å². The quantitative estimate of drug-likeness (QED) is 0.237. The zero-order valence-electron chi connectivity index (χ0n) is 24.6. The van der Waals surface area contributed by atoms with Crippen LogP contribution in [0.4, 0.5) is 11.4 Å². The summed E-state index contributed by atoms with van der Waals surface area (Å²) in [6, 6.07) is 24.3. The number of thiocarbonyl (C=S) groups is 1. The van der Waals surface area contributed by atoms with E-state index in [0.29, 0.717) is 40.6 Å². The Balaban J connectivity index is 1.19. The summed E-state index contributed by atoms with van der Waals surface area (Å²) in [5.41, 5.74) is 2.72. The van der Waals surface area contributed by atoms with Crippen molar-refractivity contribution in [3.63, 3.8) is 0 Å². The van der Waals surface area contributed by atoms with Gasteiger partial charge in [-0.2, -0.15) is 0 Å². The molecule has 0 aliphatic carbocycles. The second kappa shape index (κ2) is 14.8. The van der Waals surface area contributed by atoms with Crippen LogP contribution in [0.3, 0.4) is 0 Å². The van der Waals surface area contributed by atoms with Gasteiger partial charge in [-0.05, 0) is 124 Å². The van der Waals surface area contributed by atoms with Crippen LogP contribution in [0.5, 0.6) is 5.75 Å². The normalized spacial score (nSPS) is 17.9. The lowest BCUT2D eigenvalue weighted by Crippen LogP contribution is -2.40. The molecule has 0 bridgehead atoms. The number of hydrogen-bond donors (Lipinski definition) is 1. The lowest BCUT2D eigenvalue weighted by molar-refractivity contribution is -0.124. The second-order valence-corrected chi connectivity index (χ2v) is 12.0. The van der Waals surface area contributed by atoms with Gasteiger partial charge in [-0.25, -0.2) is 0 Å². The first kappa shape index (κ1) is 31.0. The van der Waals surface area contributed by atoms with Crippen molar-refractivity contribution >= 4 is 52.1 Å². The standard InChI is InChI=1S/C34H39ClN4O3S/c1-2-42-30-15-11-28(12-16-30)36-32(40)24-31-33(41)39(29-13-9-27(35)10-14-29)34(43)38(31)20-6-19-37-21-17-26(18-22-37)23-25-7-4-3-5-8-25/h3-5,7-16,26,31H,2,6,17-24H2,1H3,(H,36,40)/t31-/m0/s1. The van der Waals surface area contributed by atoms with Crippen molar-refractivity contribution in [3.8, 4) is 5.75 Å². The Morgan fingerprint density at radius 2 is 1.67 bits per heavy atom. The van der Waals surface area contributed by atoms with Crippen molar-refractivity contribution in [3.05, 3.63) is 89.4 Å². The predicted molar refractivity (Wildman–Crippen MR) is 177 cm³/mol. The lowest BCUT2D eigenvalue weighted by atomic mass is 9.90. The summed E-state index contributed by atoms with van der Waals surface area (Å²) in [5, 5.41) is 3.93. The number of carbonyl (C=O) groups is 2. The molecule has 2 aliphatic heterocycles. The van der Waals surface area contributed by atoms with E-state index in [1.54, 1.807) is 36.4 Å². The first-order chi connectivity index (χ1) is 20.9. The van der Waals surface area contributed by atoms with Crippen LogP contribution in [-0.4, -0.2) is 65.6 Å². The highest BCUT2D eigenvalue weighted by Crippen LogP contribution is 2.29. The Morgan fingerprint density at radius 1 is 0.977 bits per heavy atom. The minimum atomic E-state index is -0.678. The Hall–Kier alpha value is -3.46. The number of hydrogen-bond acceptors (Lipinski definition) is 5. The molecule has 0 radical (unpaired) electrons. The summed E-state index contributed by atoms with van der Waals surface area (Å²) in [7, 11) is 0. The smallest absolute Gasteiger partial charge is 0.256 e. The maximum atomic E-state index is 13.7. The molecule has 1 N–H and O–H groups in total. The van der Waals surface area contributed by atoms with E-state index in [9.17, 15) is 9.59 Å². The van der Waals surface area contributed by atoms with Crippen molar-refractivity contribution in [2.45, 2.75) is 45.1 Å². The average Bonchev–Trinajstić information content (AvgIpc) is 3.24. The zero-order chi connectivity index (χ0) is 30.2. The molecule has 43 heavy (non-hydrogen) atoms. The summed E-state index contributed by atoms with van der Waals surface area (Å²) in [6.07, 6.45) is 4.37. The molecular formula is C34H39ClN4O3S. The molecule has 2 heterocycles. The molecule has 2 fully saturated rings. The summed E-state index contributed by atoms with van der Waals surface area (Å²) >= 11 is 11.9. The minimum absolute atomic E-state index is 0.00115. The molecule has 3 aromatic rings. The van der Waals surface area contributed by atoms with Gasteiger partial charge in [0.2, 0.25) is 5.91 Å². The van der Waals surface area contributed by atoms with Crippen molar-refractivity contribution in [2.75, 3.05) is 43.0 Å². The monoisotopic (exact) mass is 618 g/mol. The molecule has 0 spiro atoms. The molecule has 3 aromatic carbocycles. The number of halogens is 1. The third-order valence-corrected chi connectivity index (χ3v) is 8.85. The predicted octanol–water partition coefficient (Wildman–Crippen LogP) is 6.41. The fourth-order valence-electron chi connectivity index (χ4n) is 5.93. The van der Waals surface area contributed by atoms with Gasteiger partial charge in [0.1, 0.15) is 11.8 Å². The maximum Gasteiger partial charge on any atom is 0.256 e. The first-order valence-corrected chi connectivity index (χ1v) is 15.9. The van der Waals surface area contributed by atoms with Gasteiger partial charge in [0.05, 0.1) is 18.7 Å². The number of likely N-dealkylation sites (tertiary alicyclic amines) is 1. The molecule has 5 rings (SSSR count). The highest BCUT2D eigenvalue weighted by molar-refractivity contribution is 7.80. The Labute approximate surface area is 264 Å². The van der Waals surface area contributed by atoms with E-state index < -0.39 is 6.04 Å². The van der Waals surface area contributed by atoms with Gasteiger partial charge in [0.15, 0.2) is 5.11 Å². The fourth-order valence-corrected chi connectivity index (χ4v) is 6.47. The molecule has 1 atom stereocenters. The van der Waals surface area contributed by atoms with E-state index in [0.717, 1.165) is 38.2 Å².